The van der Waals surface area contributed by atoms with E-state index in [0.717, 1.165) is 11.3 Å². The average Bonchev–Trinajstić information content (AvgIpc) is 2.70. The topological polar surface area (TPSA) is 99.8 Å². The summed E-state index contributed by atoms with van der Waals surface area (Å²) in [6.45, 7) is 5.24. The number of ether oxygens (including phenoxy) is 1. The molecule has 166 valence electrons. The van der Waals surface area contributed by atoms with Crippen LogP contribution in [-0.4, -0.2) is 44.1 Å². The molecule has 0 aliphatic heterocycles. The van der Waals surface area contributed by atoms with E-state index in [1.165, 1.54) is 0 Å². The Bertz CT molecular complexity index is 918. The highest BCUT2D eigenvalue weighted by Gasteiger charge is 2.17. The van der Waals surface area contributed by atoms with Crippen LogP contribution in [0.25, 0.3) is 0 Å². The smallest absolute Gasteiger partial charge is 0.408 e. The molecule has 0 saturated carbocycles. The number of benzene rings is 2. The van der Waals surface area contributed by atoms with Crippen LogP contribution in [0.5, 0.6) is 0 Å². The standard InChI is InChI=1S/C23H30N4O4/c1-23(2,3)31-22(30)25-15-20(28)26-19-9-7-6-8-17(19)14-24-21(29)16-10-12-18(13-11-16)27(4)5/h6-13H,14-15H2,1-5H3,(H,24,29)(H,25,30)(H,26,28). The van der Waals surface area contributed by atoms with Crippen molar-refractivity contribution in [3.8, 4) is 0 Å². The largest absolute Gasteiger partial charge is 0.444 e. The van der Waals surface area contributed by atoms with E-state index >= 15 is 0 Å². The Labute approximate surface area is 183 Å². The first-order valence-electron chi connectivity index (χ1n) is 9.95. The summed E-state index contributed by atoms with van der Waals surface area (Å²) >= 11 is 0. The maximum atomic E-state index is 12.5. The van der Waals surface area contributed by atoms with E-state index in [2.05, 4.69) is 16.0 Å². The second-order valence-corrected chi connectivity index (χ2v) is 8.18. The number of carbonyl (C=O) groups is 3. The van der Waals surface area contributed by atoms with Crippen LogP contribution in [0.4, 0.5) is 16.2 Å². The lowest BCUT2D eigenvalue weighted by Crippen LogP contribution is -2.37. The fourth-order valence-electron chi connectivity index (χ4n) is 2.65. The van der Waals surface area contributed by atoms with E-state index in [9.17, 15) is 14.4 Å². The van der Waals surface area contributed by atoms with Crippen molar-refractivity contribution in [3.63, 3.8) is 0 Å². The molecule has 0 atom stereocenters. The van der Waals surface area contributed by atoms with Crippen molar-refractivity contribution in [2.24, 2.45) is 0 Å². The van der Waals surface area contributed by atoms with Gasteiger partial charge in [-0.2, -0.15) is 0 Å². The van der Waals surface area contributed by atoms with Gasteiger partial charge in [0, 0.05) is 37.6 Å². The van der Waals surface area contributed by atoms with Gasteiger partial charge in [-0.05, 0) is 56.7 Å². The van der Waals surface area contributed by atoms with Gasteiger partial charge >= 0.3 is 6.09 Å². The summed E-state index contributed by atoms with van der Waals surface area (Å²) in [6, 6.07) is 14.4. The van der Waals surface area contributed by atoms with Crippen LogP contribution in [0.15, 0.2) is 48.5 Å². The molecule has 0 aliphatic rings. The Morgan fingerprint density at radius 2 is 1.58 bits per heavy atom. The Morgan fingerprint density at radius 1 is 0.935 bits per heavy atom. The van der Waals surface area contributed by atoms with Gasteiger partial charge in [0.1, 0.15) is 12.1 Å². The Hall–Kier alpha value is -3.55. The van der Waals surface area contributed by atoms with Gasteiger partial charge in [0.2, 0.25) is 5.91 Å². The lowest BCUT2D eigenvalue weighted by molar-refractivity contribution is -0.115. The van der Waals surface area contributed by atoms with Crippen LogP contribution in [0.3, 0.4) is 0 Å². The molecule has 8 heteroatoms. The molecule has 0 radical (unpaired) electrons. The van der Waals surface area contributed by atoms with Crippen molar-refractivity contribution < 1.29 is 19.1 Å². The zero-order valence-corrected chi connectivity index (χ0v) is 18.6. The highest BCUT2D eigenvalue weighted by molar-refractivity contribution is 5.96. The van der Waals surface area contributed by atoms with Crippen LogP contribution in [0, 0.1) is 0 Å². The monoisotopic (exact) mass is 426 g/mol. The molecule has 0 saturated heterocycles. The maximum Gasteiger partial charge on any atom is 0.408 e. The van der Waals surface area contributed by atoms with Crippen LogP contribution < -0.4 is 20.9 Å². The second kappa shape index (κ2) is 10.5. The van der Waals surface area contributed by atoms with Gasteiger partial charge in [0.15, 0.2) is 0 Å². The van der Waals surface area contributed by atoms with Crippen LogP contribution in [0.1, 0.15) is 36.7 Å². The zero-order chi connectivity index (χ0) is 23.0. The summed E-state index contributed by atoms with van der Waals surface area (Å²) < 4.78 is 5.11. The quantitative estimate of drug-likeness (QED) is 0.632. The summed E-state index contributed by atoms with van der Waals surface area (Å²) in [6.07, 6.45) is -0.663. The fourth-order valence-corrected chi connectivity index (χ4v) is 2.65. The summed E-state index contributed by atoms with van der Waals surface area (Å²) in [5, 5.41) is 8.02. The predicted molar refractivity (Wildman–Crippen MR) is 121 cm³/mol. The van der Waals surface area contributed by atoms with Gasteiger partial charge in [0.05, 0.1) is 0 Å². The molecule has 0 unspecified atom stereocenters. The predicted octanol–water partition coefficient (Wildman–Crippen LogP) is 3.15. The average molecular weight is 427 g/mol. The summed E-state index contributed by atoms with van der Waals surface area (Å²) in [5.41, 5.74) is 2.21. The highest BCUT2D eigenvalue weighted by atomic mass is 16.6. The number of amides is 3. The molecule has 2 aromatic carbocycles. The lowest BCUT2D eigenvalue weighted by atomic mass is 10.1. The molecule has 2 aromatic rings. The van der Waals surface area contributed by atoms with E-state index in [4.69, 9.17) is 4.74 Å². The number of hydrogen-bond donors (Lipinski definition) is 3. The number of carbonyl (C=O) groups excluding carboxylic acids is 3. The number of alkyl carbamates (subject to hydrolysis) is 1. The van der Waals surface area contributed by atoms with Crippen molar-refractivity contribution in [2.45, 2.75) is 32.9 Å². The van der Waals surface area contributed by atoms with Crippen molar-refractivity contribution in [3.05, 3.63) is 59.7 Å². The van der Waals surface area contributed by atoms with E-state index in [1.807, 2.05) is 43.3 Å². The van der Waals surface area contributed by atoms with Crippen LogP contribution in [-0.2, 0) is 16.1 Å². The molecule has 31 heavy (non-hydrogen) atoms. The minimum absolute atomic E-state index is 0.210. The van der Waals surface area contributed by atoms with E-state index in [-0.39, 0.29) is 19.0 Å². The molecule has 2 rings (SSSR count). The molecule has 0 aromatic heterocycles. The zero-order valence-electron chi connectivity index (χ0n) is 18.6. The number of rotatable bonds is 7. The van der Waals surface area contributed by atoms with Gasteiger partial charge in [-0.1, -0.05) is 18.2 Å². The van der Waals surface area contributed by atoms with Crippen molar-refractivity contribution in [1.29, 1.82) is 0 Å². The first kappa shape index (κ1) is 23.7. The minimum atomic E-state index is -0.663. The minimum Gasteiger partial charge on any atom is -0.444 e. The molecule has 0 bridgehead atoms. The van der Waals surface area contributed by atoms with Crippen molar-refractivity contribution >= 4 is 29.3 Å². The summed E-state index contributed by atoms with van der Waals surface area (Å²) in [7, 11) is 3.87. The number of hydrogen-bond acceptors (Lipinski definition) is 5. The van der Waals surface area contributed by atoms with E-state index < -0.39 is 17.6 Å². The Morgan fingerprint density at radius 3 is 2.19 bits per heavy atom. The first-order valence-corrected chi connectivity index (χ1v) is 9.95. The van der Waals surface area contributed by atoms with Gasteiger partial charge in [-0.15, -0.1) is 0 Å². The third-order valence-electron chi connectivity index (χ3n) is 4.17. The molecule has 0 spiro atoms. The third-order valence-corrected chi connectivity index (χ3v) is 4.17. The molecular weight excluding hydrogens is 396 g/mol. The van der Waals surface area contributed by atoms with Gasteiger partial charge in [0.25, 0.3) is 5.91 Å². The van der Waals surface area contributed by atoms with Crippen LogP contribution in [0.2, 0.25) is 0 Å². The number of nitrogens with one attached hydrogen (secondary N) is 3. The molecule has 3 N–H and O–H groups in total. The maximum absolute atomic E-state index is 12.5. The molecular formula is C23H30N4O4. The van der Waals surface area contributed by atoms with E-state index in [0.29, 0.717) is 11.3 Å². The molecule has 0 aliphatic carbocycles. The fraction of sp³-hybridized carbons (Fsp3) is 0.348. The Kier molecular flexibility index (Phi) is 8.01. The van der Waals surface area contributed by atoms with Crippen LogP contribution >= 0.6 is 0 Å². The number of para-hydroxylation sites is 1. The number of anilines is 2. The lowest BCUT2D eigenvalue weighted by Gasteiger charge is -2.19. The van der Waals surface area contributed by atoms with E-state index in [1.54, 1.807) is 45.0 Å². The van der Waals surface area contributed by atoms with Gasteiger partial charge < -0.3 is 25.6 Å². The Balaban J connectivity index is 1.92. The first-order chi connectivity index (χ1) is 14.5. The van der Waals surface area contributed by atoms with Crippen molar-refractivity contribution in [1.82, 2.24) is 10.6 Å². The normalized spacial score (nSPS) is 10.7. The molecule has 0 heterocycles. The van der Waals surface area contributed by atoms with Gasteiger partial charge in [-0.25, -0.2) is 4.79 Å². The SMILES string of the molecule is CN(C)c1ccc(C(=O)NCc2ccccc2NC(=O)CNC(=O)OC(C)(C)C)cc1. The van der Waals surface area contributed by atoms with Crippen molar-refractivity contribution in [2.75, 3.05) is 30.9 Å². The summed E-state index contributed by atoms with van der Waals surface area (Å²) in [4.78, 5) is 38.3. The number of nitrogens with zero attached hydrogens (tertiary/aromatic N) is 1. The summed E-state index contributed by atoms with van der Waals surface area (Å²) in [5.74, 6) is -0.609. The molecule has 0 fully saturated rings. The highest BCUT2D eigenvalue weighted by Crippen LogP contribution is 2.16. The van der Waals surface area contributed by atoms with Gasteiger partial charge in [-0.3, -0.25) is 9.59 Å². The molecule has 8 nitrogen and oxygen atoms in total. The second-order valence-electron chi connectivity index (χ2n) is 8.18. The molecule has 3 amide bonds. The third kappa shape index (κ3) is 8.00.